The number of hydrogen-bond donors (Lipinski definition) is 2. The summed E-state index contributed by atoms with van der Waals surface area (Å²) in [6.07, 6.45) is 0. The van der Waals surface area contributed by atoms with Crippen LogP contribution in [0.3, 0.4) is 0 Å². The smallest absolute Gasteiger partial charge is 0.433 e. The molecule has 2 aromatic rings. The highest BCUT2D eigenvalue weighted by molar-refractivity contribution is 7.80. The molecular weight excluding hydrogens is 310 g/mol. The zero-order chi connectivity index (χ0) is 16.1. The quantitative estimate of drug-likeness (QED) is 0.505. The number of carbonyl (C=O) groups excluding carboxylic acids is 1. The first-order valence-electron chi connectivity index (χ1n) is 6.00. The number of rotatable bonds is 4. The van der Waals surface area contributed by atoms with Crippen molar-refractivity contribution in [1.29, 1.82) is 0 Å². The van der Waals surface area contributed by atoms with Crippen LogP contribution in [0.5, 0.6) is 5.75 Å². The summed E-state index contributed by atoms with van der Waals surface area (Å²) in [7, 11) is 1.55. The molecule has 0 spiro atoms. The molecule has 2 N–H and O–H groups in total. The van der Waals surface area contributed by atoms with E-state index in [0.29, 0.717) is 11.4 Å². The van der Waals surface area contributed by atoms with Crippen LogP contribution in [0.2, 0.25) is 0 Å². The minimum atomic E-state index is -0.731. The highest BCUT2D eigenvalue weighted by Crippen LogP contribution is 2.16. The van der Waals surface area contributed by atoms with Gasteiger partial charge in [-0.1, -0.05) is 0 Å². The fourth-order valence-corrected chi connectivity index (χ4v) is 1.76. The fraction of sp³-hybridized carbons (Fsp3) is 0.0769. The molecule has 0 radical (unpaired) electrons. The Morgan fingerprint density at radius 2 is 1.95 bits per heavy atom. The molecule has 2 rings (SSSR count). The number of nitrogens with zero attached hydrogens (tertiary/aromatic N) is 1. The van der Waals surface area contributed by atoms with Crippen molar-refractivity contribution in [3.63, 3.8) is 0 Å². The van der Waals surface area contributed by atoms with Crippen LogP contribution >= 0.6 is 12.2 Å². The summed E-state index contributed by atoms with van der Waals surface area (Å²) >= 11 is 4.98. The van der Waals surface area contributed by atoms with Crippen LogP contribution in [0.4, 0.5) is 11.6 Å². The number of carbonyl (C=O) groups is 1. The van der Waals surface area contributed by atoms with Crippen LogP contribution in [0.25, 0.3) is 0 Å². The van der Waals surface area contributed by atoms with E-state index in [-0.39, 0.29) is 10.9 Å². The summed E-state index contributed by atoms with van der Waals surface area (Å²) in [5, 5.41) is 15.7. The molecule has 0 atom stereocenters. The van der Waals surface area contributed by atoms with Gasteiger partial charge in [-0.3, -0.25) is 20.2 Å². The second-order valence-electron chi connectivity index (χ2n) is 4.03. The Labute approximate surface area is 130 Å². The van der Waals surface area contributed by atoms with Crippen molar-refractivity contribution in [2.75, 3.05) is 12.4 Å². The van der Waals surface area contributed by atoms with Gasteiger partial charge >= 0.3 is 5.88 Å². The Balaban J connectivity index is 1.95. The lowest BCUT2D eigenvalue weighted by Crippen LogP contribution is -2.33. The number of methoxy groups -OCH3 is 1. The van der Waals surface area contributed by atoms with Gasteiger partial charge in [0.1, 0.15) is 10.7 Å². The fourth-order valence-electron chi connectivity index (χ4n) is 1.55. The lowest BCUT2D eigenvalue weighted by atomic mass is 10.3. The molecule has 0 saturated carbocycles. The molecule has 0 aliphatic carbocycles. The van der Waals surface area contributed by atoms with Crippen LogP contribution in [0, 0.1) is 10.1 Å². The predicted octanol–water partition coefficient (Wildman–Crippen LogP) is 2.32. The third kappa shape index (κ3) is 3.79. The topological polar surface area (TPSA) is 107 Å². The zero-order valence-corrected chi connectivity index (χ0v) is 12.2. The van der Waals surface area contributed by atoms with Gasteiger partial charge in [-0.2, -0.15) is 0 Å². The predicted molar refractivity (Wildman–Crippen MR) is 82.0 cm³/mol. The average Bonchev–Trinajstić information content (AvgIpc) is 2.98. The van der Waals surface area contributed by atoms with Crippen LogP contribution < -0.4 is 15.4 Å². The molecule has 1 aromatic carbocycles. The molecule has 114 valence electrons. The van der Waals surface area contributed by atoms with E-state index in [9.17, 15) is 14.9 Å². The lowest BCUT2D eigenvalue weighted by molar-refractivity contribution is -0.402. The van der Waals surface area contributed by atoms with E-state index < -0.39 is 16.7 Å². The number of nitrogens with one attached hydrogen (secondary N) is 2. The van der Waals surface area contributed by atoms with E-state index in [4.69, 9.17) is 21.4 Å². The summed E-state index contributed by atoms with van der Waals surface area (Å²) in [5.74, 6) is -0.715. The molecule has 22 heavy (non-hydrogen) atoms. The number of furan rings is 1. The van der Waals surface area contributed by atoms with Gasteiger partial charge in [0.05, 0.1) is 13.2 Å². The van der Waals surface area contributed by atoms with Crippen molar-refractivity contribution >= 4 is 34.8 Å². The standard InChI is InChI=1S/C13H11N3O5S/c1-20-9-4-2-8(3-5-9)14-13(22)15-12(17)10-6-7-11(21-10)16(18)19/h2-7H,1H3,(H2,14,15,17,22). The van der Waals surface area contributed by atoms with Gasteiger partial charge in [0.2, 0.25) is 0 Å². The first kappa shape index (κ1) is 15.4. The highest BCUT2D eigenvalue weighted by atomic mass is 32.1. The van der Waals surface area contributed by atoms with Gasteiger partial charge < -0.3 is 14.5 Å². The number of anilines is 1. The van der Waals surface area contributed by atoms with Crippen LogP contribution in [0.15, 0.2) is 40.8 Å². The lowest BCUT2D eigenvalue weighted by Gasteiger charge is -2.08. The van der Waals surface area contributed by atoms with E-state index in [1.54, 1.807) is 31.4 Å². The Kier molecular flexibility index (Phi) is 4.69. The number of thiocarbonyl (C=S) groups is 1. The van der Waals surface area contributed by atoms with Gasteiger partial charge in [-0.15, -0.1) is 0 Å². The van der Waals surface area contributed by atoms with Gasteiger partial charge in [0.25, 0.3) is 5.91 Å². The molecular formula is C13H11N3O5S. The Hall–Kier alpha value is -2.94. The molecule has 1 aromatic heterocycles. The van der Waals surface area contributed by atoms with Gasteiger partial charge in [-0.05, 0) is 42.5 Å². The maximum absolute atomic E-state index is 11.8. The van der Waals surface area contributed by atoms with Crippen molar-refractivity contribution in [2.45, 2.75) is 0 Å². The number of ether oxygens (including phenoxy) is 1. The van der Waals surface area contributed by atoms with Gasteiger partial charge in [0, 0.05) is 5.69 Å². The molecule has 0 fully saturated rings. The largest absolute Gasteiger partial charge is 0.497 e. The summed E-state index contributed by atoms with van der Waals surface area (Å²) in [6, 6.07) is 9.17. The second-order valence-corrected chi connectivity index (χ2v) is 4.44. The molecule has 8 nitrogen and oxygen atoms in total. The Morgan fingerprint density at radius 1 is 1.27 bits per heavy atom. The second kappa shape index (κ2) is 6.68. The minimum Gasteiger partial charge on any atom is -0.497 e. The molecule has 0 aliphatic heterocycles. The number of nitro groups is 1. The molecule has 0 unspecified atom stereocenters. The first-order chi connectivity index (χ1) is 10.5. The summed E-state index contributed by atoms with van der Waals surface area (Å²) in [6.45, 7) is 0. The van der Waals surface area contributed by atoms with Crippen LogP contribution in [0.1, 0.15) is 10.6 Å². The zero-order valence-electron chi connectivity index (χ0n) is 11.4. The number of amides is 1. The Morgan fingerprint density at radius 3 is 2.50 bits per heavy atom. The number of benzene rings is 1. The Bertz CT molecular complexity index is 711. The van der Waals surface area contributed by atoms with Crippen LogP contribution in [-0.4, -0.2) is 23.1 Å². The maximum atomic E-state index is 11.8. The summed E-state index contributed by atoms with van der Waals surface area (Å²) < 4.78 is 9.79. The normalized spacial score (nSPS) is 9.86. The maximum Gasteiger partial charge on any atom is 0.433 e. The molecule has 0 aliphatic rings. The molecule has 1 amide bonds. The third-order valence-electron chi connectivity index (χ3n) is 2.57. The van der Waals surface area contributed by atoms with Crippen molar-refractivity contribution in [3.8, 4) is 5.75 Å². The van der Waals surface area contributed by atoms with Crippen molar-refractivity contribution in [3.05, 3.63) is 52.3 Å². The van der Waals surface area contributed by atoms with E-state index >= 15 is 0 Å². The van der Waals surface area contributed by atoms with Crippen molar-refractivity contribution in [1.82, 2.24) is 5.32 Å². The summed E-state index contributed by atoms with van der Waals surface area (Å²) in [5.41, 5.74) is 0.650. The molecule has 9 heteroatoms. The average molecular weight is 321 g/mol. The molecule has 0 saturated heterocycles. The van der Waals surface area contributed by atoms with Gasteiger partial charge in [-0.25, -0.2) is 0 Å². The van der Waals surface area contributed by atoms with E-state index in [1.165, 1.54) is 6.07 Å². The number of hydrogen-bond acceptors (Lipinski definition) is 6. The SMILES string of the molecule is COc1ccc(NC(=S)NC(=O)c2ccc([N+](=O)[O-])o2)cc1. The highest BCUT2D eigenvalue weighted by Gasteiger charge is 2.18. The van der Waals surface area contributed by atoms with E-state index in [0.717, 1.165) is 6.07 Å². The van der Waals surface area contributed by atoms with Crippen molar-refractivity contribution in [2.24, 2.45) is 0 Å². The van der Waals surface area contributed by atoms with Crippen LogP contribution in [-0.2, 0) is 0 Å². The molecule has 0 bridgehead atoms. The monoisotopic (exact) mass is 321 g/mol. The van der Waals surface area contributed by atoms with E-state index in [2.05, 4.69) is 10.6 Å². The first-order valence-corrected chi connectivity index (χ1v) is 6.41. The van der Waals surface area contributed by atoms with Crippen molar-refractivity contribution < 1.29 is 18.9 Å². The van der Waals surface area contributed by atoms with E-state index in [1.807, 2.05) is 0 Å². The third-order valence-corrected chi connectivity index (χ3v) is 2.77. The summed E-state index contributed by atoms with van der Waals surface area (Å²) in [4.78, 5) is 21.6. The van der Waals surface area contributed by atoms with Gasteiger partial charge in [0.15, 0.2) is 10.9 Å². The minimum absolute atomic E-state index is 0.0363. The molecule has 1 heterocycles.